The summed E-state index contributed by atoms with van der Waals surface area (Å²) in [5.41, 5.74) is 0. The van der Waals surface area contributed by atoms with Gasteiger partial charge in [-0.3, -0.25) is 9.59 Å². The van der Waals surface area contributed by atoms with E-state index in [4.69, 9.17) is 0 Å². The number of allylic oxidation sites excluding steroid dienone is 2. The molecule has 2 bridgehead atoms. The molecule has 1 saturated heterocycles. The van der Waals surface area contributed by atoms with E-state index in [1.165, 1.54) is 6.42 Å². The Morgan fingerprint density at radius 2 is 1.80 bits per heavy atom. The second-order valence-electron chi connectivity index (χ2n) is 6.70. The van der Waals surface area contributed by atoms with Gasteiger partial charge < -0.3 is 10.0 Å². The van der Waals surface area contributed by atoms with E-state index < -0.39 is 11.9 Å². The van der Waals surface area contributed by atoms with Crippen LogP contribution in [-0.2, 0) is 9.59 Å². The number of carboxylic acid groups (broad SMARTS) is 1. The molecule has 3 aliphatic rings. The van der Waals surface area contributed by atoms with Gasteiger partial charge in [-0.15, -0.1) is 0 Å². The average molecular weight is 277 g/mol. The highest BCUT2D eigenvalue weighted by Gasteiger charge is 2.52. The Morgan fingerprint density at radius 1 is 1.10 bits per heavy atom. The van der Waals surface area contributed by atoms with E-state index in [-0.39, 0.29) is 23.7 Å². The standard InChI is InChI=1S/C16H23NO3/c1-10-3-2-7-17(8-6-10)15(18)13-11-4-5-12(9-11)14(13)16(19)20/h4-5,10-14H,2-3,6-9H2,1H3,(H,19,20)/t10?,11?,12?,13-,14+/m0/s1. The van der Waals surface area contributed by atoms with Crippen LogP contribution in [0, 0.1) is 29.6 Å². The first kappa shape index (κ1) is 13.7. The fourth-order valence-corrected chi connectivity index (χ4v) is 4.19. The Balaban J connectivity index is 1.76. The van der Waals surface area contributed by atoms with E-state index in [1.807, 2.05) is 11.0 Å². The zero-order valence-corrected chi connectivity index (χ0v) is 12.0. The molecule has 1 N–H and O–H groups in total. The molecule has 0 aromatic heterocycles. The van der Waals surface area contributed by atoms with Crippen molar-refractivity contribution in [2.45, 2.75) is 32.6 Å². The molecule has 2 aliphatic carbocycles. The molecular formula is C16H23NO3. The first-order valence-electron chi connectivity index (χ1n) is 7.78. The number of rotatable bonds is 2. The summed E-state index contributed by atoms with van der Waals surface area (Å²) < 4.78 is 0. The number of amides is 1. The van der Waals surface area contributed by atoms with Gasteiger partial charge in [-0.05, 0) is 43.4 Å². The molecule has 0 aromatic rings. The van der Waals surface area contributed by atoms with Crippen molar-refractivity contribution in [3.05, 3.63) is 12.2 Å². The van der Waals surface area contributed by atoms with Gasteiger partial charge in [0.15, 0.2) is 0 Å². The minimum atomic E-state index is -0.802. The number of carbonyl (C=O) groups excluding carboxylic acids is 1. The molecule has 3 unspecified atom stereocenters. The van der Waals surface area contributed by atoms with Crippen molar-refractivity contribution in [3.8, 4) is 0 Å². The number of nitrogens with zero attached hydrogens (tertiary/aromatic N) is 1. The highest BCUT2D eigenvalue weighted by molar-refractivity contribution is 5.87. The molecule has 4 heteroatoms. The van der Waals surface area contributed by atoms with Crippen LogP contribution in [0.3, 0.4) is 0 Å². The average Bonchev–Trinajstić information content (AvgIpc) is 2.95. The third kappa shape index (κ3) is 2.25. The van der Waals surface area contributed by atoms with Gasteiger partial charge in [-0.2, -0.15) is 0 Å². The van der Waals surface area contributed by atoms with Crippen LogP contribution < -0.4 is 0 Å². The lowest BCUT2D eigenvalue weighted by Crippen LogP contribution is -2.43. The molecule has 1 heterocycles. The summed E-state index contributed by atoms with van der Waals surface area (Å²) in [6.45, 7) is 3.82. The zero-order chi connectivity index (χ0) is 14.3. The Kier molecular flexibility index (Phi) is 3.57. The Hall–Kier alpha value is -1.32. The summed E-state index contributed by atoms with van der Waals surface area (Å²) in [5, 5.41) is 9.45. The Morgan fingerprint density at radius 3 is 2.50 bits per heavy atom. The van der Waals surface area contributed by atoms with Gasteiger partial charge in [0.05, 0.1) is 11.8 Å². The van der Waals surface area contributed by atoms with Gasteiger partial charge in [-0.1, -0.05) is 19.1 Å². The van der Waals surface area contributed by atoms with Gasteiger partial charge in [0, 0.05) is 13.1 Å². The Labute approximate surface area is 119 Å². The number of carboxylic acids is 1. The summed E-state index contributed by atoms with van der Waals surface area (Å²) in [6.07, 6.45) is 8.16. The van der Waals surface area contributed by atoms with E-state index in [9.17, 15) is 14.7 Å². The molecule has 2 fully saturated rings. The largest absolute Gasteiger partial charge is 0.481 e. The van der Waals surface area contributed by atoms with E-state index in [2.05, 4.69) is 13.0 Å². The van der Waals surface area contributed by atoms with Crippen molar-refractivity contribution in [2.24, 2.45) is 29.6 Å². The number of hydrogen-bond donors (Lipinski definition) is 1. The van der Waals surface area contributed by atoms with Crippen LogP contribution in [0.2, 0.25) is 0 Å². The first-order chi connectivity index (χ1) is 9.58. The molecule has 3 rings (SSSR count). The fraction of sp³-hybridized carbons (Fsp3) is 0.750. The van der Waals surface area contributed by atoms with Crippen LogP contribution >= 0.6 is 0 Å². The minimum Gasteiger partial charge on any atom is -0.481 e. The summed E-state index contributed by atoms with van der Waals surface area (Å²) in [4.78, 5) is 26.2. The van der Waals surface area contributed by atoms with Crippen molar-refractivity contribution in [1.82, 2.24) is 4.90 Å². The smallest absolute Gasteiger partial charge is 0.307 e. The van der Waals surface area contributed by atoms with Crippen LogP contribution in [0.4, 0.5) is 0 Å². The van der Waals surface area contributed by atoms with Gasteiger partial charge in [0.1, 0.15) is 0 Å². The fourth-order valence-electron chi connectivity index (χ4n) is 4.19. The quantitative estimate of drug-likeness (QED) is 0.787. The maximum atomic E-state index is 12.8. The van der Waals surface area contributed by atoms with Crippen molar-refractivity contribution >= 4 is 11.9 Å². The third-order valence-electron chi connectivity index (χ3n) is 5.36. The maximum Gasteiger partial charge on any atom is 0.307 e. The van der Waals surface area contributed by atoms with E-state index >= 15 is 0 Å². The van der Waals surface area contributed by atoms with Gasteiger partial charge in [0.25, 0.3) is 0 Å². The lowest BCUT2D eigenvalue weighted by atomic mass is 9.82. The number of aliphatic carboxylic acids is 1. The third-order valence-corrected chi connectivity index (χ3v) is 5.36. The van der Waals surface area contributed by atoms with Crippen molar-refractivity contribution in [2.75, 3.05) is 13.1 Å². The summed E-state index contributed by atoms with van der Waals surface area (Å²) in [6, 6.07) is 0. The maximum absolute atomic E-state index is 12.8. The molecular weight excluding hydrogens is 254 g/mol. The molecule has 1 amide bonds. The van der Waals surface area contributed by atoms with Crippen LogP contribution in [0.25, 0.3) is 0 Å². The second-order valence-corrected chi connectivity index (χ2v) is 6.70. The Bertz CT molecular complexity index is 445. The monoisotopic (exact) mass is 277 g/mol. The molecule has 0 spiro atoms. The SMILES string of the molecule is CC1CCCN(C(=O)[C@H]2C3C=CC(C3)[C@H]2C(=O)O)CC1. The number of carbonyl (C=O) groups is 2. The highest BCUT2D eigenvalue weighted by Crippen LogP contribution is 2.48. The zero-order valence-electron chi connectivity index (χ0n) is 12.0. The number of fused-ring (bicyclic) bond motifs is 2. The molecule has 5 atom stereocenters. The van der Waals surface area contributed by atoms with Gasteiger partial charge >= 0.3 is 5.97 Å². The summed E-state index contributed by atoms with van der Waals surface area (Å²) in [5.74, 6) is -0.657. The van der Waals surface area contributed by atoms with Crippen LogP contribution in [-0.4, -0.2) is 35.0 Å². The second kappa shape index (κ2) is 5.23. The normalized spacial score (nSPS) is 39.9. The van der Waals surface area contributed by atoms with E-state index in [1.54, 1.807) is 0 Å². The molecule has 1 saturated carbocycles. The van der Waals surface area contributed by atoms with Crippen molar-refractivity contribution in [1.29, 1.82) is 0 Å². The van der Waals surface area contributed by atoms with E-state index in [0.717, 1.165) is 32.4 Å². The van der Waals surface area contributed by atoms with E-state index in [0.29, 0.717) is 5.92 Å². The predicted molar refractivity (Wildman–Crippen MR) is 74.9 cm³/mol. The van der Waals surface area contributed by atoms with Crippen LogP contribution in [0.15, 0.2) is 12.2 Å². The van der Waals surface area contributed by atoms with Crippen molar-refractivity contribution in [3.63, 3.8) is 0 Å². The summed E-state index contributed by atoms with van der Waals surface area (Å²) >= 11 is 0. The molecule has 20 heavy (non-hydrogen) atoms. The predicted octanol–water partition coefficient (Wildman–Crippen LogP) is 2.16. The van der Waals surface area contributed by atoms with Gasteiger partial charge in [0.2, 0.25) is 5.91 Å². The van der Waals surface area contributed by atoms with Gasteiger partial charge in [-0.25, -0.2) is 0 Å². The lowest BCUT2D eigenvalue weighted by Gasteiger charge is -2.30. The highest BCUT2D eigenvalue weighted by atomic mass is 16.4. The number of hydrogen-bond acceptors (Lipinski definition) is 2. The number of likely N-dealkylation sites (tertiary alicyclic amines) is 1. The van der Waals surface area contributed by atoms with Crippen LogP contribution in [0.5, 0.6) is 0 Å². The van der Waals surface area contributed by atoms with Crippen molar-refractivity contribution < 1.29 is 14.7 Å². The molecule has 110 valence electrons. The molecule has 4 nitrogen and oxygen atoms in total. The summed E-state index contributed by atoms with van der Waals surface area (Å²) in [7, 11) is 0. The minimum absolute atomic E-state index is 0.0670. The first-order valence-corrected chi connectivity index (χ1v) is 7.78. The molecule has 1 aliphatic heterocycles. The molecule has 0 radical (unpaired) electrons. The lowest BCUT2D eigenvalue weighted by molar-refractivity contribution is -0.151. The molecule has 0 aromatic carbocycles. The topological polar surface area (TPSA) is 57.6 Å². The van der Waals surface area contributed by atoms with Crippen LogP contribution in [0.1, 0.15) is 32.6 Å².